The van der Waals surface area contributed by atoms with E-state index < -0.39 is 11.5 Å². The first-order valence-electron chi connectivity index (χ1n) is 8.33. The Morgan fingerprint density at radius 3 is 2.72 bits per heavy atom. The first kappa shape index (κ1) is 16.1. The van der Waals surface area contributed by atoms with Crippen molar-refractivity contribution in [1.82, 2.24) is 9.88 Å². The number of aromatic nitrogens is 1. The number of nitrogens with two attached hydrogens (primary N) is 1. The maximum Gasteiger partial charge on any atom is 0.274 e. The average Bonchev–Trinajstić information content (AvgIpc) is 3.32. The zero-order valence-electron chi connectivity index (χ0n) is 13.9. The summed E-state index contributed by atoms with van der Waals surface area (Å²) in [5.41, 5.74) is 6.35. The minimum absolute atomic E-state index is 0.0452. The van der Waals surface area contributed by atoms with E-state index in [1.165, 1.54) is 11.3 Å². The lowest BCUT2D eigenvalue weighted by molar-refractivity contribution is -0.146. The molecule has 0 saturated carbocycles. The van der Waals surface area contributed by atoms with Gasteiger partial charge < -0.3 is 15.4 Å². The predicted octanol–water partition coefficient (Wildman–Crippen LogP) is 2.00. The quantitative estimate of drug-likeness (QED) is 0.910. The zero-order valence-corrected chi connectivity index (χ0v) is 14.8. The van der Waals surface area contributed by atoms with Crippen LogP contribution < -0.4 is 10.5 Å². The van der Waals surface area contributed by atoms with Crippen molar-refractivity contribution in [2.24, 2.45) is 5.73 Å². The van der Waals surface area contributed by atoms with Gasteiger partial charge in [-0.3, -0.25) is 9.59 Å². The number of thiazole rings is 1. The zero-order chi connectivity index (χ0) is 17.6. The van der Waals surface area contributed by atoms with Crippen LogP contribution in [0, 0.1) is 6.92 Å². The normalized spacial score (nSPS) is 21.9. The van der Waals surface area contributed by atoms with E-state index >= 15 is 0 Å². The van der Waals surface area contributed by atoms with Gasteiger partial charge in [-0.15, -0.1) is 11.3 Å². The third kappa shape index (κ3) is 2.59. The number of aryl methyl sites for hydroxylation is 1. The van der Waals surface area contributed by atoms with Crippen molar-refractivity contribution in [3.8, 4) is 5.75 Å². The fourth-order valence-electron chi connectivity index (χ4n) is 3.51. The van der Waals surface area contributed by atoms with Crippen molar-refractivity contribution >= 4 is 23.2 Å². The first-order valence-corrected chi connectivity index (χ1v) is 9.21. The summed E-state index contributed by atoms with van der Waals surface area (Å²) in [6, 6.07) is 5.07. The Bertz CT molecular complexity index is 857. The molecule has 6 nitrogen and oxygen atoms in total. The van der Waals surface area contributed by atoms with Crippen LogP contribution in [0.2, 0.25) is 0 Å². The van der Waals surface area contributed by atoms with Gasteiger partial charge in [-0.25, -0.2) is 4.98 Å². The van der Waals surface area contributed by atoms with Gasteiger partial charge in [0.05, 0.1) is 0 Å². The Balaban J connectivity index is 1.77. The smallest absolute Gasteiger partial charge is 0.274 e. The topological polar surface area (TPSA) is 85.5 Å². The molecule has 1 aromatic heterocycles. The van der Waals surface area contributed by atoms with E-state index in [1.54, 1.807) is 18.2 Å². The van der Waals surface area contributed by atoms with Gasteiger partial charge in [-0.05, 0) is 43.5 Å². The van der Waals surface area contributed by atoms with Crippen LogP contribution in [-0.2, 0) is 16.8 Å². The molecule has 2 aliphatic rings. The molecule has 0 aliphatic carbocycles. The minimum Gasteiger partial charge on any atom is -0.469 e. The number of carbonyl (C=O) groups is 2. The molecule has 25 heavy (non-hydrogen) atoms. The summed E-state index contributed by atoms with van der Waals surface area (Å²) < 4.78 is 6.21. The number of amides is 2. The van der Waals surface area contributed by atoms with Crippen molar-refractivity contribution in [3.63, 3.8) is 0 Å². The Morgan fingerprint density at radius 2 is 2.08 bits per heavy atom. The maximum absolute atomic E-state index is 13.3. The molecule has 0 bridgehead atoms. The number of benzene rings is 1. The van der Waals surface area contributed by atoms with Gasteiger partial charge in [0.25, 0.3) is 5.91 Å². The number of hydrogen-bond acceptors (Lipinski definition) is 5. The number of hydrogen-bond donors (Lipinski definition) is 1. The maximum atomic E-state index is 13.3. The van der Waals surface area contributed by atoms with Crippen LogP contribution in [0.4, 0.5) is 0 Å². The first-order chi connectivity index (χ1) is 12.0. The molecule has 1 atom stereocenters. The van der Waals surface area contributed by atoms with E-state index in [9.17, 15) is 9.59 Å². The number of likely N-dealkylation sites (tertiary alicyclic amines) is 1. The molecule has 1 unspecified atom stereocenters. The molecule has 4 rings (SSSR count). The standard InChI is InChI=1S/C18H19N3O3S/c1-11-10-25-16(20-11)18(17(23)21-6-2-3-7-21)9-13-8-12(15(19)22)4-5-14(13)24-18/h4-5,8,10H,2-3,6-7,9H2,1H3,(H2,19,22). The highest BCUT2D eigenvalue weighted by Gasteiger charge is 2.52. The summed E-state index contributed by atoms with van der Waals surface area (Å²) in [4.78, 5) is 31.2. The third-order valence-corrected chi connectivity index (χ3v) is 5.88. The highest BCUT2D eigenvalue weighted by molar-refractivity contribution is 7.10. The lowest BCUT2D eigenvalue weighted by atomic mass is 9.95. The highest BCUT2D eigenvalue weighted by atomic mass is 32.1. The van der Waals surface area contributed by atoms with Crippen molar-refractivity contribution in [2.45, 2.75) is 31.8 Å². The second kappa shape index (κ2) is 5.84. The number of carbonyl (C=O) groups excluding carboxylic acids is 2. The van der Waals surface area contributed by atoms with Crippen LogP contribution in [0.25, 0.3) is 0 Å². The van der Waals surface area contributed by atoms with E-state index in [0.717, 1.165) is 37.2 Å². The summed E-state index contributed by atoms with van der Waals surface area (Å²) in [7, 11) is 0. The van der Waals surface area contributed by atoms with Crippen molar-refractivity contribution < 1.29 is 14.3 Å². The molecule has 2 N–H and O–H groups in total. The van der Waals surface area contributed by atoms with Crippen molar-refractivity contribution in [3.05, 3.63) is 45.4 Å². The van der Waals surface area contributed by atoms with E-state index in [4.69, 9.17) is 10.5 Å². The number of fused-ring (bicyclic) bond motifs is 1. The fraction of sp³-hybridized carbons (Fsp3) is 0.389. The molecule has 2 aromatic rings. The summed E-state index contributed by atoms with van der Waals surface area (Å²) in [5.74, 6) is 0.0813. The van der Waals surface area contributed by atoms with Crippen LogP contribution >= 0.6 is 11.3 Å². The van der Waals surface area contributed by atoms with Crippen molar-refractivity contribution in [1.29, 1.82) is 0 Å². The molecular formula is C18H19N3O3S. The van der Waals surface area contributed by atoms with Crippen molar-refractivity contribution in [2.75, 3.05) is 13.1 Å². The summed E-state index contributed by atoms with van der Waals surface area (Å²) in [6.45, 7) is 3.40. The number of ether oxygens (including phenoxy) is 1. The second-order valence-electron chi connectivity index (χ2n) is 6.59. The van der Waals surface area contributed by atoms with Gasteiger partial charge in [0, 0.05) is 36.1 Å². The lowest BCUT2D eigenvalue weighted by Crippen LogP contribution is -2.49. The van der Waals surface area contributed by atoms with Crippen LogP contribution in [0.3, 0.4) is 0 Å². The molecule has 7 heteroatoms. The Kier molecular flexibility index (Phi) is 3.76. The molecule has 0 radical (unpaired) electrons. The molecule has 2 amide bonds. The lowest BCUT2D eigenvalue weighted by Gasteiger charge is -2.30. The van der Waals surface area contributed by atoms with E-state index in [0.29, 0.717) is 22.7 Å². The minimum atomic E-state index is -1.14. The number of rotatable bonds is 3. The van der Waals surface area contributed by atoms with E-state index in [2.05, 4.69) is 4.98 Å². The third-order valence-electron chi connectivity index (χ3n) is 4.77. The SMILES string of the molecule is Cc1csc(C2(C(=O)N3CCCC3)Cc3cc(C(N)=O)ccc3O2)n1. The van der Waals surface area contributed by atoms with Gasteiger partial charge in [-0.1, -0.05) is 0 Å². The molecule has 1 aromatic carbocycles. The van der Waals surface area contributed by atoms with Gasteiger partial charge in [-0.2, -0.15) is 0 Å². The summed E-state index contributed by atoms with van der Waals surface area (Å²) >= 11 is 1.44. The van der Waals surface area contributed by atoms with Gasteiger partial charge >= 0.3 is 0 Å². The highest BCUT2D eigenvalue weighted by Crippen LogP contribution is 2.44. The summed E-state index contributed by atoms with van der Waals surface area (Å²) in [6.07, 6.45) is 2.39. The molecule has 130 valence electrons. The fourth-order valence-corrected chi connectivity index (χ4v) is 4.43. The summed E-state index contributed by atoms with van der Waals surface area (Å²) in [5, 5.41) is 2.59. The van der Waals surface area contributed by atoms with Crippen LogP contribution in [0.15, 0.2) is 23.6 Å². The van der Waals surface area contributed by atoms with Crippen LogP contribution in [-0.4, -0.2) is 34.8 Å². The van der Waals surface area contributed by atoms with E-state index in [-0.39, 0.29) is 5.91 Å². The average molecular weight is 357 g/mol. The molecule has 1 fully saturated rings. The monoisotopic (exact) mass is 357 g/mol. The molecular weight excluding hydrogens is 338 g/mol. The number of primary amides is 1. The number of nitrogens with zero attached hydrogens (tertiary/aromatic N) is 2. The molecule has 0 spiro atoms. The van der Waals surface area contributed by atoms with E-state index in [1.807, 2.05) is 17.2 Å². The Labute approximate surface area is 149 Å². The largest absolute Gasteiger partial charge is 0.469 e. The van der Waals surface area contributed by atoms with Gasteiger partial charge in [0.15, 0.2) is 0 Å². The molecule has 1 saturated heterocycles. The Morgan fingerprint density at radius 1 is 1.32 bits per heavy atom. The second-order valence-corrected chi connectivity index (χ2v) is 7.44. The van der Waals surface area contributed by atoms with Crippen LogP contribution in [0.1, 0.15) is 39.5 Å². The van der Waals surface area contributed by atoms with Gasteiger partial charge in [0.2, 0.25) is 11.5 Å². The predicted molar refractivity (Wildman–Crippen MR) is 93.6 cm³/mol. The molecule has 2 aliphatic heterocycles. The Hall–Kier alpha value is -2.41. The van der Waals surface area contributed by atoms with Gasteiger partial charge in [0.1, 0.15) is 10.8 Å². The van der Waals surface area contributed by atoms with Crippen LogP contribution in [0.5, 0.6) is 5.75 Å². The molecule has 3 heterocycles.